The van der Waals surface area contributed by atoms with Crippen LogP contribution in [0.4, 0.5) is 10.8 Å². The molecule has 0 radical (unpaired) electrons. The molecule has 2 heterocycles. The Kier molecular flexibility index (Phi) is 4.03. The van der Waals surface area contributed by atoms with Gasteiger partial charge in [-0.25, -0.2) is 9.97 Å². The molecule has 1 N–H and O–H groups in total. The van der Waals surface area contributed by atoms with Crippen LogP contribution in [-0.2, 0) is 6.42 Å². The summed E-state index contributed by atoms with van der Waals surface area (Å²) in [6.45, 7) is 6.24. The van der Waals surface area contributed by atoms with Gasteiger partial charge in [0.15, 0.2) is 5.13 Å². The number of hydrogen-bond acceptors (Lipinski definition) is 5. The average molecular weight is 315 g/mol. The predicted octanol–water partition coefficient (Wildman–Crippen LogP) is 5.19. The molecule has 0 amide bonds. The van der Waals surface area contributed by atoms with Crippen molar-refractivity contribution in [2.24, 2.45) is 0 Å². The van der Waals surface area contributed by atoms with Crippen molar-refractivity contribution in [3.05, 3.63) is 45.9 Å². The molecule has 0 bridgehead atoms. The van der Waals surface area contributed by atoms with Crippen LogP contribution in [0.2, 0.25) is 0 Å². The molecule has 0 saturated heterocycles. The molecule has 5 heteroatoms. The minimum absolute atomic E-state index is 0.927. The molecular formula is C16H17N3S2. The second-order valence-electron chi connectivity index (χ2n) is 4.82. The van der Waals surface area contributed by atoms with Gasteiger partial charge in [-0.3, -0.25) is 0 Å². The van der Waals surface area contributed by atoms with E-state index < -0.39 is 0 Å². The van der Waals surface area contributed by atoms with Crippen molar-refractivity contribution >= 4 is 33.5 Å². The van der Waals surface area contributed by atoms with Gasteiger partial charge < -0.3 is 5.32 Å². The van der Waals surface area contributed by atoms with Gasteiger partial charge in [0.05, 0.1) is 21.3 Å². The maximum absolute atomic E-state index is 4.70. The zero-order valence-corrected chi connectivity index (χ0v) is 13.9. The molecule has 21 heavy (non-hydrogen) atoms. The lowest BCUT2D eigenvalue weighted by Crippen LogP contribution is -1.94. The third kappa shape index (κ3) is 2.99. The van der Waals surface area contributed by atoms with Crippen LogP contribution < -0.4 is 5.32 Å². The summed E-state index contributed by atoms with van der Waals surface area (Å²) < 4.78 is 0. The standard InChI is InChI=1S/C16H17N3S2/c1-4-12-7-5-6-8-13(12)18-16-19-14(9-20-16)15-10(2)17-11(3)21-15/h5-9H,4H2,1-3H3,(H,18,19). The van der Waals surface area contributed by atoms with Gasteiger partial charge in [0.2, 0.25) is 0 Å². The smallest absolute Gasteiger partial charge is 0.187 e. The Morgan fingerprint density at radius 1 is 1.14 bits per heavy atom. The third-order valence-corrected chi connectivity index (χ3v) is 5.13. The highest BCUT2D eigenvalue weighted by atomic mass is 32.1. The summed E-state index contributed by atoms with van der Waals surface area (Å²) in [5.41, 5.74) is 4.51. The maximum atomic E-state index is 4.70. The number of hydrogen-bond donors (Lipinski definition) is 1. The summed E-state index contributed by atoms with van der Waals surface area (Å²) in [5, 5.41) is 7.54. The Hall–Kier alpha value is -1.72. The quantitative estimate of drug-likeness (QED) is 0.720. The fourth-order valence-electron chi connectivity index (χ4n) is 2.27. The molecule has 0 saturated carbocycles. The molecular weight excluding hydrogens is 298 g/mol. The molecule has 0 aliphatic carbocycles. The van der Waals surface area contributed by atoms with E-state index in [9.17, 15) is 0 Å². The molecule has 0 spiro atoms. The minimum atomic E-state index is 0.927. The van der Waals surface area contributed by atoms with Crippen LogP contribution in [0.5, 0.6) is 0 Å². The zero-order valence-electron chi connectivity index (χ0n) is 12.3. The molecule has 0 unspecified atom stereocenters. The van der Waals surface area contributed by atoms with E-state index in [-0.39, 0.29) is 0 Å². The number of thiazole rings is 2. The molecule has 1 aromatic carbocycles. The van der Waals surface area contributed by atoms with Gasteiger partial charge in [-0.2, -0.15) is 0 Å². The van der Waals surface area contributed by atoms with Gasteiger partial charge in [-0.15, -0.1) is 22.7 Å². The summed E-state index contributed by atoms with van der Waals surface area (Å²) in [7, 11) is 0. The highest BCUT2D eigenvalue weighted by molar-refractivity contribution is 7.16. The van der Waals surface area contributed by atoms with Crippen LogP contribution in [0.3, 0.4) is 0 Å². The number of rotatable bonds is 4. The van der Waals surface area contributed by atoms with Crippen molar-refractivity contribution in [3.8, 4) is 10.6 Å². The Morgan fingerprint density at radius 2 is 1.95 bits per heavy atom. The average Bonchev–Trinajstić information content (AvgIpc) is 3.06. The fraction of sp³-hybridized carbons (Fsp3) is 0.250. The number of nitrogens with one attached hydrogen (secondary N) is 1. The molecule has 3 aromatic rings. The van der Waals surface area contributed by atoms with Crippen LogP contribution >= 0.6 is 22.7 Å². The van der Waals surface area contributed by atoms with Crippen LogP contribution in [0, 0.1) is 13.8 Å². The van der Waals surface area contributed by atoms with Gasteiger partial charge in [0.25, 0.3) is 0 Å². The lowest BCUT2D eigenvalue weighted by molar-refractivity contribution is 1.14. The zero-order chi connectivity index (χ0) is 14.8. The first-order valence-electron chi connectivity index (χ1n) is 6.92. The Labute approximate surface area is 132 Å². The van der Waals surface area contributed by atoms with Gasteiger partial charge in [-0.1, -0.05) is 25.1 Å². The van der Waals surface area contributed by atoms with E-state index >= 15 is 0 Å². The van der Waals surface area contributed by atoms with Crippen LogP contribution in [-0.4, -0.2) is 9.97 Å². The number of aromatic nitrogens is 2. The minimum Gasteiger partial charge on any atom is -0.331 e. The lowest BCUT2D eigenvalue weighted by atomic mass is 10.1. The van der Waals surface area contributed by atoms with Crippen molar-refractivity contribution in [2.45, 2.75) is 27.2 Å². The third-order valence-electron chi connectivity index (χ3n) is 3.28. The molecule has 0 fully saturated rings. The highest BCUT2D eigenvalue weighted by Crippen LogP contribution is 2.33. The van der Waals surface area contributed by atoms with Crippen LogP contribution in [0.15, 0.2) is 29.6 Å². The van der Waals surface area contributed by atoms with Crippen molar-refractivity contribution in [2.75, 3.05) is 5.32 Å². The number of nitrogens with zero attached hydrogens (tertiary/aromatic N) is 2. The van der Waals surface area contributed by atoms with Gasteiger partial charge >= 0.3 is 0 Å². The monoisotopic (exact) mass is 315 g/mol. The topological polar surface area (TPSA) is 37.8 Å². The van der Waals surface area contributed by atoms with Gasteiger partial charge in [0.1, 0.15) is 0 Å². The second-order valence-corrected chi connectivity index (χ2v) is 6.88. The first kappa shape index (κ1) is 14.2. The molecule has 0 atom stereocenters. The van der Waals surface area contributed by atoms with Gasteiger partial charge in [0, 0.05) is 11.1 Å². The Bertz CT molecular complexity index is 758. The predicted molar refractivity (Wildman–Crippen MR) is 91.8 cm³/mol. The fourth-order valence-corrected chi connectivity index (χ4v) is 3.94. The first-order valence-corrected chi connectivity index (χ1v) is 8.62. The highest BCUT2D eigenvalue weighted by Gasteiger charge is 2.12. The van der Waals surface area contributed by atoms with E-state index in [1.807, 2.05) is 19.9 Å². The largest absolute Gasteiger partial charge is 0.331 e. The van der Waals surface area contributed by atoms with Crippen molar-refractivity contribution < 1.29 is 0 Å². The first-order chi connectivity index (χ1) is 10.2. The van der Waals surface area contributed by atoms with E-state index in [4.69, 9.17) is 4.98 Å². The van der Waals surface area contributed by atoms with Crippen LogP contribution in [0.25, 0.3) is 10.6 Å². The van der Waals surface area contributed by atoms with Crippen molar-refractivity contribution in [3.63, 3.8) is 0 Å². The Balaban J connectivity index is 1.87. The lowest BCUT2D eigenvalue weighted by Gasteiger charge is -2.07. The SMILES string of the molecule is CCc1ccccc1Nc1nc(-c2sc(C)nc2C)cs1. The maximum Gasteiger partial charge on any atom is 0.187 e. The number of anilines is 2. The molecule has 0 aliphatic rings. The summed E-state index contributed by atoms with van der Waals surface area (Å²) in [4.78, 5) is 10.3. The van der Waals surface area contributed by atoms with E-state index in [0.29, 0.717) is 0 Å². The molecule has 2 aromatic heterocycles. The van der Waals surface area contributed by atoms with Crippen molar-refractivity contribution in [1.82, 2.24) is 9.97 Å². The molecule has 3 rings (SSSR count). The van der Waals surface area contributed by atoms with E-state index in [2.05, 4.69) is 40.8 Å². The summed E-state index contributed by atoms with van der Waals surface area (Å²) in [5.74, 6) is 0. The molecule has 0 aliphatic heterocycles. The van der Waals surface area contributed by atoms with Gasteiger partial charge in [-0.05, 0) is 31.9 Å². The second kappa shape index (κ2) is 5.95. The summed E-state index contributed by atoms with van der Waals surface area (Å²) in [6, 6.07) is 8.36. The molecule has 3 nitrogen and oxygen atoms in total. The summed E-state index contributed by atoms with van der Waals surface area (Å²) in [6.07, 6.45) is 1.01. The number of benzene rings is 1. The van der Waals surface area contributed by atoms with Crippen LogP contribution in [0.1, 0.15) is 23.2 Å². The summed E-state index contributed by atoms with van der Waals surface area (Å²) >= 11 is 3.33. The van der Waals surface area contributed by atoms with E-state index in [1.165, 1.54) is 10.4 Å². The van der Waals surface area contributed by atoms with E-state index in [0.717, 1.165) is 33.6 Å². The number of para-hydroxylation sites is 1. The normalized spacial score (nSPS) is 10.8. The van der Waals surface area contributed by atoms with Crippen molar-refractivity contribution in [1.29, 1.82) is 0 Å². The number of aryl methyl sites for hydroxylation is 3. The molecule has 108 valence electrons. The Morgan fingerprint density at radius 3 is 2.67 bits per heavy atom. The van der Waals surface area contributed by atoms with E-state index in [1.54, 1.807) is 22.7 Å².